The third-order valence-corrected chi connectivity index (χ3v) is 6.56. The number of amides is 1. The fraction of sp³-hybridized carbons (Fsp3) is 0.273. The van der Waals surface area contributed by atoms with E-state index in [-0.39, 0.29) is 5.91 Å². The summed E-state index contributed by atoms with van der Waals surface area (Å²) >= 11 is 0. The maximum Gasteiger partial charge on any atom is 0.260 e. The van der Waals surface area contributed by atoms with Gasteiger partial charge in [0.25, 0.3) is 5.91 Å². The van der Waals surface area contributed by atoms with Gasteiger partial charge in [0.2, 0.25) is 0 Å². The average molecular weight is 426 g/mol. The number of methoxy groups -OCH3 is 2. The Kier molecular flexibility index (Phi) is 5.34. The minimum absolute atomic E-state index is 0.346. The predicted molar refractivity (Wildman–Crippen MR) is 116 cm³/mol. The number of fused-ring (bicyclic) bond motifs is 1. The van der Waals surface area contributed by atoms with Crippen molar-refractivity contribution >= 4 is 22.5 Å². The molecule has 1 N–H and O–H groups in total. The van der Waals surface area contributed by atoms with Crippen LogP contribution in [0.15, 0.2) is 36.4 Å². The first kappa shape index (κ1) is 20.2. The number of aromatic nitrogens is 2. The van der Waals surface area contributed by atoms with Gasteiger partial charge in [-0.3, -0.25) is 9.00 Å². The van der Waals surface area contributed by atoms with Gasteiger partial charge in [0.15, 0.2) is 11.5 Å². The Morgan fingerprint density at radius 1 is 1.10 bits per heavy atom. The number of carbonyl (C=O) groups is 1. The van der Waals surface area contributed by atoms with Crippen LogP contribution in [0, 0.1) is 13.8 Å². The molecule has 0 unspecified atom stereocenters. The molecule has 1 amide bonds. The van der Waals surface area contributed by atoms with Crippen molar-refractivity contribution in [2.75, 3.05) is 19.5 Å². The Labute approximate surface area is 177 Å². The first-order chi connectivity index (χ1) is 14.4. The van der Waals surface area contributed by atoms with Crippen LogP contribution in [0.4, 0.5) is 5.82 Å². The number of para-hydroxylation sites is 1. The minimum atomic E-state index is -1.02. The van der Waals surface area contributed by atoms with E-state index in [1.165, 1.54) is 14.2 Å². The lowest BCUT2D eigenvalue weighted by Gasteiger charge is -2.16. The van der Waals surface area contributed by atoms with Gasteiger partial charge in [0.05, 0.1) is 42.7 Å². The Morgan fingerprint density at radius 3 is 2.60 bits per heavy atom. The van der Waals surface area contributed by atoms with Crippen molar-refractivity contribution in [3.63, 3.8) is 0 Å². The molecule has 0 bridgehead atoms. The van der Waals surface area contributed by atoms with Gasteiger partial charge < -0.3 is 14.8 Å². The Morgan fingerprint density at radius 2 is 1.87 bits per heavy atom. The maximum atomic E-state index is 13.2. The maximum absolute atomic E-state index is 13.2. The summed E-state index contributed by atoms with van der Waals surface area (Å²) in [6, 6.07) is 11.1. The summed E-state index contributed by atoms with van der Waals surface area (Å²) < 4.78 is 24.6. The molecule has 2 heterocycles. The van der Waals surface area contributed by atoms with Crippen molar-refractivity contribution < 1.29 is 18.5 Å². The summed E-state index contributed by atoms with van der Waals surface area (Å²) in [7, 11) is 2.01. The molecule has 30 heavy (non-hydrogen) atoms. The number of benzene rings is 2. The van der Waals surface area contributed by atoms with Crippen LogP contribution < -0.4 is 14.8 Å². The second kappa shape index (κ2) is 7.95. The van der Waals surface area contributed by atoms with E-state index in [9.17, 15) is 9.00 Å². The number of nitrogens with one attached hydrogen (secondary N) is 1. The molecule has 1 aliphatic rings. The molecule has 4 rings (SSSR count). The molecule has 7 nitrogen and oxygen atoms in total. The second-order valence-corrected chi connectivity index (χ2v) is 8.59. The molecule has 3 aromatic rings. The Bertz CT molecular complexity index is 1170. The normalized spacial score (nSPS) is 15.0. The van der Waals surface area contributed by atoms with Crippen LogP contribution in [-0.2, 0) is 22.3 Å². The van der Waals surface area contributed by atoms with Gasteiger partial charge >= 0.3 is 0 Å². The number of anilines is 1. The Balaban J connectivity index is 1.81. The fourth-order valence-electron chi connectivity index (χ4n) is 3.64. The van der Waals surface area contributed by atoms with E-state index in [4.69, 9.17) is 9.47 Å². The highest BCUT2D eigenvalue weighted by Crippen LogP contribution is 2.35. The quantitative estimate of drug-likeness (QED) is 0.676. The van der Waals surface area contributed by atoms with E-state index >= 15 is 0 Å². The molecular weight excluding hydrogens is 402 g/mol. The number of hydrogen-bond acceptors (Lipinski definition) is 5. The highest BCUT2D eigenvalue weighted by molar-refractivity contribution is 7.83. The van der Waals surface area contributed by atoms with Crippen LogP contribution in [0.5, 0.6) is 11.5 Å². The lowest BCUT2D eigenvalue weighted by molar-refractivity contribution is 0.102. The standard InChI is InChI=1S/C22H23N3O4S/c1-13-7-5-9-18(14(13)2)25-21(16-11-30(27)12-17(16)24-25)23-22(26)15-8-6-10-19(28-3)20(15)29-4/h5-10H,11-12H2,1-4H3,(H,23,26)/t30-/m1/s1. The summed E-state index contributed by atoms with van der Waals surface area (Å²) in [4.78, 5) is 13.2. The van der Waals surface area contributed by atoms with Crippen molar-refractivity contribution in [2.24, 2.45) is 0 Å². The van der Waals surface area contributed by atoms with Gasteiger partial charge in [0, 0.05) is 16.4 Å². The molecule has 0 aliphatic carbocycles. The van der Waals surface area contributed by atoms with Crippen LogP contribution in [0.3, 0.4) is 0 Å². The summed E-state index contributed by atoms with van der Waals surface area (Å²) in [6.45, 7) is 4.05. The number of aryl methyl sites for hydroxylation is 1. The molecule has 1 atom stereocenters. The van der Waals surface area contributed by atoms with Crippen molar-refractivity contribution in [1.29, 1.82) is 0 Å². The van der Waals surface area contributed by atoms with Gasteiger partial charge in [0.1, 0.15) is 5.82 Å². The molecule has 156 valence electrons. The first-order valence-corrected chi connectivity index (χ1v) is 11.0. The zero-order valence-corrected chi connectivity index (χ0v) is 18.1. The molecule has 2 aromatic carbocycles. The molecule has 1 aromatic heterocycles. The van der Waals surface area contributed by atoms with E-state index in [0.717, 1.165) is 28.1 Å². The zero-order valence-electron chi connectivity index (χ0n) is 17.3. The van der Waals surface area contributed by atoms with Gasteiger partial charge in [-0.1, -0.05) is 18.2 Å². The van der Waals surface area contributed by atoms with Crippen LogP contribution in [-0.4, -0.2) is 34.1 Å². The number of carbonyl (C=O) groups excluding carboxylic acids is 1. The van der Waals surface area contributed by atoms with Crippen LogP contribution in [0.2, 0.25) is 0 Å². The molecule has 8 heteroatoms. The highest BCUT2D eigenvalue weighted by Gasteiger charge is 2.29. The summed E-state index contributed by atoms with van der Waals surface area (Å²) in [5, 5.41) is 7.68. The summed E-state index contributed by atoms with van der Waals surface area (Å²) in [5.41, 5.74) is 4.97. The van der Waals surface area contributed by atoms with E-state index in [1.807, 2.05) is 32.0 Å². The Hall–Kier alpha value is -3.13. The van der Waals surface area contributed by atoms with Crippen molar-refractivity contribution in [3.8, 4) is 17.2 Å². The van der Waals surface area contributed by atoms with Crippen LogP contribution in [0.25, 0.3) is 5.69 Å². The molecule has 1 aliphatic heterocycles. The third kappa shape index (κ3) is 3.37. The molecule has 0 radical (unpaired) electrons. The van der Waals surface area contributed by atoms with E-state index in [2.05, 4.69) is 10.4 Å². The average Bonchev–Trinajstić information content (AvgIpc) is 3.26. The zero-order chi connectivity index (χ0) is 21.4. The van der Waals surface area contributed by atoms with Crippen LogP contribution in [0.1, 0.15) is 32.7 Å². The highest BCUT2D eigenvalue weighted by atomic mass is 32.2. The number of nitrogens with zero attached hydrogens (tertiary/aromatic N) is 2. The summed E-state index contributed by atoms with van der Waals surface area (Å²) in [5.74, 6) is 1.77. The largest absolute Gasteiger partial charge is 0.493 e. The smallest absolute Gasteiger partial charge is 0.260 e. The fourth-order valence-corrected chi connectivity index (χ4v) is 4.90. The lowest BCUT2D eigenvalue weighted by atomic mass is 10.1. The van der Waals surface area contributed by atoms with Gasteiger partial charge in [-0.2, -0.15) is 5.10 Å². The lowest BCUT2D eigenvalue weighted by Crippen LogP contribution is -2.18. The van der Waals surface area contributed by atoms with E-state index < -0.39 is 10.8 Å². The van der Waals surface area contributed by atoms with E-state index in [0.29, 0.717) is 34.4 Å². The predicted octanol–water partition coefficient (Wildman–Crippen LogP) is 3.52. The topological polar surface area (TPSA) is 82.5 Å². The number of rotatable bonds is 5. The van der Waals surface area contributed by atoms with Crippen molar-refractivity contribution in [2.45, 2.75) is 25.4 Å². The van der Waals surface area contributed by atoms with Gasteiger partial charge in [-0.25, -0.2) is 4.68 Å². The van der Waals surface area contributed by atoms with Crippen molar-refractivity contribution in [3.05, 3.63) is 64.3 Å². The number of ether oxygens (including phenoxy) is 2. The molecular formula is C22H23N3O4S. The summed E-state index contributed by atoms with van der Waals surface area (Å²) in [6.07, 6.45) is 0. The van der Waals surface area contributed by atoms with Gasteiger partial charge in [-0.05, 0) is 43.2 Å². The second-order valence-electron chi connectivity index (χ2n) is 7.13. The monoisotopic (exact) mass is 425 g/mol. The molecule has 0 saturated carbocycles. The van der Waals surface area contributed by atoms with E-state index in [1.54, 1.807) is 22.9 Å². The third-order valence-electron chi connectivity index (χ3n) is 5.35. The first-order valence-electron chi connectivity index (χ1n) is 9.49. The van der Waals surface area contributed by atoms with Crippen molar-refractivity contribution in [1.82, 2.24) is 9.78 Å². The molecule has 0 saturated heterocycles. The SMILES string of the molecule is COc1cccc(C(=O)Nc2c3c(nn2-c2cccc(C)c2C)C[S@](=O)C3)c1OC. The number of hydrogen-bond donors (Lipinski definition) is 1. The molecule has 0 spiro atoms. The van der Waals surface area contributed by atoms with Crippen LogP contribution >= 0.6 is 0 Å². The van der Waals surface area contributed by atoms with Gasteiger partial charge in [-0.15, -0.1) is 0 Å². The molecule has 0 fully saturated rings. The minimum Gasteiger partial charge on any atom is -0.493 e.